The minimum Gasteiger partial charge on any atom is -0.390 e. The van der Waals surface area contributed by atoms with Crippen LogP contribution in [-0.2, 0) is 0 Å². The Morgan fingerprint density at radius 2 is 2.26 bits per heavy atom. The van der Waals surface area contributed by atoms with Gasteiger partial charge in [-0.25, -0.2) is 9.31 Å². The number of aliphatic hydroxyl groups is 1. The van der Waals surface area contributed by atoms with Crippen LogP contribution in [-0.4, -0.2) is 37.4 Å². The third-order valence-electron chi connectivity index (χ3n) is 4.02. The molecule has 3 rings (SSSR count). The molecule has 0 aliphatic heterocycles. The molecule has 0 aromatic carbocycles. The fourth-order valence-electron chi connectivity index (χ4n) is 2.75. The number of nitrogens with two attached hydrogens (primary N) is 1. The van der Waals surface area contributed by atoms with Gasteiger partial charge in [-0.2, -0.15) is 4.98 Å². The highest BCUT2D eigenvalue weighted by atomic mass is 35.5. The zero-order valence-electron chi connectivity index (χ0n) is 12.6. The minimum atomic E-state index is -0.970. The van der Waals surface area contributed by atoms with Gasteiger partial charge in [-0.1, -0.05) is 11.6 Å². The molecule has 1 aliphatic rings. The number of carbonyl (C=O) groups excluding carboxylic acids is 1. The number of anilines is 1. The number of halogens is 1. The molecule has 2 aromatic rings. The van der Waals surface area contributed by atoms with Gasteiger partial charge in [-0.15, -0.1) is 5.10 Å². The summed E-state index contributed by atoms with van der Waals surface area (Å²) < 4.78 is 6.41. The van der Waals surface area contributed by atoms with Crippen LogP contribution in [0.25, 0.3) is 5.52 Å². The second-order valence-electron chi connectivity index (χ2n) is 6.03. The van der Waals surface area contributed by atoms with Gasteiger partial charge in [0.1, 0.15) is 5.52 Å². The number of hydrogen-bond acceptors (Lipinski definition) is 6. The Balaban J connectivity index is 1.85. The van der Waals surface area contributed by atoms with Gasteiger partial charge in [0, 0.05) is 12.2 Å². The summed E-state index contributed by atoms with van der Waals surface area (Å²) in [6.45, 7) is 1.84. The first kappa shape index (κ1) is 15.8. The fourth-order valence-corrected chi connectivity index (χ4v) is 2.97. The van der Waals surface area contributed by atoms with Gasteiger partial charge in [-0.05, 0) is 38.7 Å². The Morgan fingerprint density at radius 3 is 2.91 bits per heavy atom. The molecular formula is C14H18ClN5O3. The molecule has 2 heterocycles. The van der Waals surface area contributed by atoms with Gasteiger partial charge in [-0.3, -0.25) is 0 Å². The minimum absolute atomic E-state index is 0.00723. The molecule has 9 heteroatoms. The molecule has 4 N–H and O–H groups in total. The van der Waals surface area contributed by atoms with E-state index in [0.29, 0.717) is 29.3 Å². The second-order valence-corrected chi connectivity index (χ2v) is 6.44. The van der Waals surface area contributed by atoms with E-state index in [1.165, 1.54) is 4.52 Å². The van der Waals surface area contributed by atoms with Gasteiger partial charge in [0.15, 0.2) is 0 Å². The van der Waals surface area contributed by atoms with Crippen LogP contribution in [0.2, 0.25) is 5.02 Å². The molecule has 0 radical (unpaired) electrons. The average molecular weight is 340 g/mol. The monoisotopic (exact) mass is 339 g/mol. The molecule has 0 bridgehead atoms. The molecule has 1 saturated carbocycles. The molecule has 0 atom stereocenters. The summed E-state index contributed by atoms with van der Waals surface area (Å²) >= 11 is 6.06. The highest BCUT2D eigenvalue weighted by molar-refractivity contribution is 6.34. The van der Waals surface area contributed by atoms with E-state index in [4.69, 9.17) is 22.1 Å². The first-order valence-electron chi connectivity index (χ1n) is 7.35. The lowest BCUT2D eigenvalue weighted by atomic mass is 9.84. The van der Waals surface area contributed by atoms with Crippen LogP contribution in [0, 0.1) is 0 Å². The molecule has 0 saturated heterocycles. The average Bonchev–Trinajstić information content (AvgIpc) is 2.82. The first-order valence-corrected chi connectivity index (χ1v) is 7.73. The van der Waals surface area contributed by atoms with Gasteiger partial charge in [0.05, 0.1) is 10.6 Å². The summed E-state index contributed by atoms with van der Waals surface area (Å²) in [6, 6.07) is 1.77. The number of nitrogens with zero attached hydrogens (tertiary/aromatic N) is 3. The van der Waals surface area contributed by atoms with Crippen molar-refractivity contribution < 1.29 is 14.6 Å². The van der Waals surface area contributed by atoms with E-state index in [1.54, 1.807) is 12.3 Å². The molecule has 0 spiro atoms. The maximum Gasteiger partial charge on any atom is 0.411 e. The number of hydrogen-bond donors (Lipinski definition) is 3. The molecule has 23 heavy (non-hydrogen) atoms. The maximum absolute atomic E-state index is 11.1. The molecule has 8 nitrogen and oxygen atoms in total. The number of ether oxygens (including phenoxy) is 1. The van der Waals surface area contributed by atoms with Crippen molar-refractivity contribution in [2.75, 3.05) is 5.32 Å². The third kappa shape index (κ3) is 3.48. The number of primary amides is 1. The van der Waals surface area contributed by atoms with Gasteiger partial charge in [0.2, 0.25) is 5.95 Å². The number of rotatable bonds is 3. The van der Waals surface area contributed by atoms with Crippen LogP contribution < -0.4 is 15.8 Å². The number of fused-ring (bicyclic) bond motifs is 1. The highest BCUT2D eigenvalue weighted by Gasteiger charge is 2.29. The highest BCUT2D eigenvalue weighted by Crippen LogP contribution is 2.30. The molecule has 124 valence electrons. The summed E-state index contributed by atoms with van der Waals surface area (Å²) in [7, 11) is 0. The smallest absolute Gasteiger partial charge is 0.390 e. The molecule has 1 fully saturated rings. The van der Waals surface area contributed by atoms with E-state index < -0.39 is 11.7 Å². The standard InChI is InChI=1S/C14H18ClN5O3/c1-14(22)5-2-8(3-6-14)17-13-18-11(23-12(16)21)10-9(15)4-7-20(10)19-13/h4,7-8,22H,2-3,5-6H2,1H3,(H2,16,21)(H,17,19)/t8-,14-. The zero-order valence-corrected chi connectivity index (χ0v) is 13.4. The quantitative estimate of drug-likeness (QED) is 0.787. The van der Waals surface area contributed by atoms with Crippen molar-refractivity contribution in [1.82, 2.24) is 14.6 Å². The Hall–Kier alpha value is -2.06. The molecule has 0 unspecified atom stereocenters. The lowest BCUT2D eigenvalue weighted by Crippen LogP contribution is -2.36. The van der Waals surface area contributed by atoms with Crippen LogP contribution in [0.15, 0.2) is 12.3 Å². The summed E-state index contributed by atoms with van der Waals surface area (Å²) in [4.78, 5) is 15.2. The van der Waals surface area contributed by atoms with Crippen LogP contribution in [0.3, 0.4) is 0 Å². The summed E-state index contributed by atoms with van der Waals surface area (Å²) in [5.41, 5.74) is 4.84. The van der Waals surface area contributed by atoms with Crippen molar-refractivity contribution in [3.63, 3.8) is 0 Å². The second kappa shape index (κ2) is 5.86. The van der Waals surface area contributed by atoms with Crippen molar-refractivity contribution in [1.29, 1.82) is 0 Å². The predicted octanol–water partition coefficient (Wildman–Crippen LogP) is 1.95. The predicted molar refractivity (Wildman–Crippen MR) is 84.7 cm³/mol. The molecule has 2 aromatic heterocycles. The molecule has 1 amide bonds. The topological polar surface area (TPSA) is 115 Å². The zero-order chi connectivity index (χ0) is 16.6. The number of amides is 1. The largest absolute Gasteiger partial charge is 0.411 e. The lowest BCUT2D eigenvalue weighted by molar-refractivity contribution is 0.0195. The molecule has 1 aliphatic carbocycles. The van der Waals surface area contributed by atoms with Crippen molar-refractivity contribution in [3.8, 4) is 5.88 Å². The van der Waals surface area contributed by atoms with Gasteiger partial charge in [0.25, 0.3) is 5.88 Å². The van der Waals surface area contributed by atoms with Crippen LogP contribution in [0.5, 0.6) is 5.88 Å². The Morgan fingerprint density at radius 1 is 1.57 bits per heavy atom. The van der Waals surface area contributed by atoms with E-state index in [9.17, 15) is 9.90 Å². The van der Waals surface area contributed by atoms with Gasteiger partial charge >= 0.3 is 6.09 Å². The lowest BCUT2D eigenvalue weighted by Gasteiger charge is -2.33. The van der Waals surface area contributed by atoms with E-state index in [1.807, 2.05) is 6.92 Å². The Labute approximate surface area is 137 Å². The van der Waals surface area contributed by atoms with E-state index in [2.05, 4.69) is 15.4 Å². The number of aromatic nitrogens is 3. The van der Waals surface area contributed by atoms with Crippen LogP contribution in [0.4, 0.5) is 10.7 Å². The Kier molecular flexibility index (Phi) is 4.03. The third-order valence-corrected chi connectivity index (χ3v) is 4.33. The van der Waals surface area contributed by atoms with E-state index in [0.717, 1.165) is 12.8 Å². The van der Waals surface area contributed by atoms with Crippen LogP contribution >= 0.6 is 11.6 Å². The number of carbonyl (C=O) groups is 1. The number of nitrogens with one attached hydrogen (secondary N) is 1. The summed E-state index contributed by atoms with van der Waals surface area (Å²) in [5, 5.41) is 17.9. The van der Waals surface area contributed by atoms with E-state index in [-0.39, 0.29) is 11.9 Å². The van der Waals surface area contributed by atoms with Crippen LogP contribution in [0.1, 0.15) is 32.6 Å². The summed E-state index contributed by atoms with van der Waals surface area (Å²) in [5.74, 6) is 0.320. The normalized spacial score (nSPS) is 24.6. The molecular weight excluding hydrogens is 322 g/mol. The maximum atomic E-state index is 11.1. The first-order chi connectivity index (χ1) is 10.8. The Bertz CT molecular complexity index is 735. The van der Waals surface area contributed by atoms with Crippen molar-refractivity contribution >= 4 is 29.2 Å². The van der Waals surface area contributed by atoms with Crippen molar-refractivity contribution in [2.24, 2.45) is 5.73 Å². The van der Waals surface area contributed by atoms with E-state index >= 15 is 0 Å². The fraction of sp³-hybridized carbons (Fsp3) is 0.500. The summed E-state index contributed by atoms with van der Waals surface area (Å²) in [6.07, 6.45) is 3.67. The van der Waals surface area contributed by atoms with Gasteiger partial charge < -0.3 is 20.9 Å². The SMILES string of the molecule is C[C@]1(O)CC[C@H](Nc2nc(OC(N)=O)c3c(Cl)ccn3n2)CC1. The van der Waals surface area contributed by atoms with Crippen molar-refractivity contribution in [3.05, 3.63) is 17.3 Å². The van der Waals surface area contributed by atoms with Crippen molar-refractivity contribution in [2.45, 2.75) is 44.2 Å².